The van der Waals surface area contributed by atoms with E-state index < -0.39 is 0 Å². The second kappa shape index (κ2) is 6.88. The SMILES string of the molecule is Cc1nc(CN2CCC(c3nnc(CN(C)C)n3C3CC3)CC2)co1. The molecule has 2 aromatic heterocycles. The molecular formula is C18H28N6O. The molecule has 0 aromatic carbocycles. The zero-order chi connectivity index (χ0) is 17.4. The molecule has 7 heteroatoms. The Hall–Kier alpha value is -1.73. The molecule has 4 rings (SSSR count). The smallest absolute Gasteiger partial charge is 0.191 e. The molecule has 136 valence electrons. The molecule has 0 bridgehead atoms. The van der Waals surface area contributed by atoms with Crippen LogP contribution < -0.4 is 0 Å². The van der Waals surface area contributed by atoms with Crippen molar-refractivity contribution in [2.75, 3.05) is 27.2 Å². The largest absolute Gasteiger partial charge is 0.449 e. The summed E-state index contributed by atoms with van der Waals surface area (Å²) < 4.78 is 7.76. The van der Waals surface area contributed by atoms with Gasteiger partial charge in [0.05, 0.1) is 12.2 Å². The Kier molecular flexibility index (Phi) is 4.60. The van der Waals surface area contributed by atoms with Gasteiger partial charge in [0.2, 0.25) is 0 Å². The van der Waals surface area contributed by atoms with Gasteiger partial charge < -0.3 is 13.9 Å². The summed E-state index contributed by atoms with van der Waals surface area (Å²) in [7, 11) is 4.19. The van der Waals surface area contributed by atoms with Crippen molar-refractivity contribution in [3.8, 4) is 0 Å². The Morgan fingerprint density at radius 2 is 1.92 bits per heavy atom. The molecule has 0 unspecified atom stereocenters. The van der Waals surface area contributed by atoms with Gasteiger partial charge in [-0.15, -0.1) is 10.2 Å². The van der Waals surface area contributed by atoms with Crippen LogP contribution >= 0.6 is 0 Å². The molecule has 0 spiro atoms. The van der Waals surface area contributed by atoms with Crippen LogP contribution in [0.1, 0.15) is 60.9 Å². The van der Waals surface area contributed by atoms with Crippen LogP contribution in [0.5, 0.6) is 0 Å². The second-order valence-corrected chi connectivity index (χ2v) is 7.72. The van der Waals surface area contributed by atoms with Crippen LogP contribution in [0.4, 0.5) is 0 Å². The van der Waals surface area contributed by atoms with Crippen LogP contribution in [0.3, 0.4) is 0 Å². The molecule has 3 heterocycles. The van der Waals surface area contributed by atoms with Gasteiger partial charge in [0.25, 0.3) is 0 Å². The molecular weight excluding hydrogens is 316 g/mol. The van der Waals surface area contributed by atoms with Crippen molar-refractivity contribution in [1.29, 1.82) is 0 Å². The highest BCUT2D eigenvalue weighted by Gasteiger charge is 2.33. The van der Waals surface area contributed by atoms with E-state index in [0.717, 1.165) is 56.4 Å². The minimum atomic E-state index is 0.527. The normalized spacial score (nSPS) is 19.8. The fourth-order valence-electron chi connectivity index (χ4n) is 3.80. The summed E-state index contributed by atoms with van der Waals surface area (Å²) in [5.74, 6) is 3.62. The maximum absolute atomic E-state index is 5.32. The van der Waals surface area contributed by atoms with Crippen LogP contribution in [0.2, 0.25) is 0 Å². The molecule has 25 heavy (non-hydrogen) atoms. The fraction of sp³-hybridized carbons (Fsp3) is 0.722. The molecule has 1 aliphatic carbocycles. The van der Waals surface area contributed by atoms with Gasteiger partial charge in [0.15, 0.2) is 5.89 Å². The molecule has 1 saturated carbocycles. The molecule has 0 amide bonds. The van der Waals surface area contributed by atoms with Crippen molar-refractivity contribution in [2.24, 2.45) is 0 Å². The van der Waals surface area contributed by atoms with Crippen molar-refractivity contribution in [3.05, 3.63) is 29.5 Å². The van der Waals surface area contributed by atoms with Crippen molar-refractivity contribution in [1.82, 2.24) is 29.5 Å². The zero-order valence-electron chi connectivity index (χ0n) is 15.5. The zero-order valence-corrected chi connectivity index (χ0v) is 15.5. The van der Waals surface area contributed by atoms with Gasteiger partial charge in [0, 0.05) is 25.4 Å². The van der Waals surface area contributed by atoms with Crippen LogP contribution in [0, 0.1) is 6.92 Å². The number of piperidine rings is 1. The second-order valence-electron chi connectivity index (χ2n) is 7.72. The standard InChI is InChI=1S/C18H28N6O/c1-13-19-15(12-25-13)10-23-8-6-14(7-9-23)18-21-20-17(11-22(2)3)24(18)16-4-5-16/h12,14,16H,4-11H2,1-3H3. The summed E-state index contributed by atoms with van der Waals surface area (Å²) in [6, 6.07) is 0.635. The third kappa shape index (κ3) is 3.77. The van der Waals surface area contributed by atoms with Gasteiger partial charge in [-0.2, -0.15) is 0 Å². The van der Waals surface area contributed by atoms with Gasteiger partial charge in [-0.1, -0.05) is 0 Å². The predicted molar refractivity (Wildman–Crippen MR) is 94.2 cm³/mol. The first-order valence-electron chi connectivity index (χ1n) is 9.32. The number of rotatable bonds is 6. The summed E-state index contributed by atoms with van der Waals surface area (Å²) in [5, 5.41) is 9.12. The Morgan fingerprint density at radius 3 is 2.52 bits per heavy atom. The molecule has 7 nitrogen and oxygen atoms in total. The average Bonchev–Trinajstić information content (AvgIpc) is 3.21. The van der Waals surface area contributed by atoms with E-state index >= 15 is 0 Å². The summed E-state index contributed by atoms with van der Waals surface area (Å²) in [5.41, 5.74) is 1.03. The number of oxazole rings is 1. The van der Waals surface area contributed by atoms with Crippen molar-refractivity contribution in [2.45, 2.75) is 57.7 Å². The number of aryl methyl sites for hydroxylation is 1. The van der Waals surface area contributed by atoms with E-state index in [1.807, 2.05) is 6.92 Å². The van der Waals surface area contributed by atoms with E-state index in [1.54, 1.807) is 6.26 Å². The number of hydrogen-bond donors (Lipinski definition) is 0. The Bertz CT molecular complexity index is 709. The third-order valence-corrected chi connectivity index (χ3v) is 5.17. The van der Waals surface area contributed by atoms with Crippen LogP contribution in [-0.4, -0.2) is 56.7 Å². The predicted octanol–water partition coefficient (Wildman–Crippen LogP) is 2.35. The molecule has 2 fully saturated rings. The van der Waals surface area contributed by atoms with Gasteiger partial charge in [0.1, 0.15) is 17.9 Å². The van der Waals surface area contributed by atoms with Gasteiger partial charge >= 0.3 is 0 Å². The first-order chi connectivity index (χ1) is 12.1. The molecule has 1 saturated heterocycles. The monoisotopic (exact) mass is 344 g/mol. The molecule has 2 aromatic rings. The number of aromatic nitrogens is 4. The maximum Gasteiger partial charge on any atom is 0.191 e. The van der Waals surface area contributed by atoms with E-state index in [-0.39, 0.29) is 0 Å². The summed E-state index contributed by atoms with van der Waals surface area (Å²) >= 11 is 0. The van der Waals surface area contributed by atoms with Crippen LogP contribution in [0.15, 0.2) is 10.7 Å². The summed E-state index contributed by atoms with van der Waals surface area (Å²) in [6.07, 6.45) is 6.61. The maximum atomic E-state index is 5.32. The fourth-order valence-corrected chi connectivity index (χ4v) is 3.80. The van der Waals surface area contributed by atoms with E-state index in [2.05, 4.69) is 43.6 Å². The van der Waals surface area contributed by atoms with Crippen molar-refractivity contribution >= 4 is 0 Å². The lowest BCUT2D eigenvalue weighted by atomic mass is 9.95. The lowest BCUT2D eigenvalue weighted by Crippen LogP contribution is -2.33. The first kappa shape index (κ1) is 16.7. The van der Waals surface area contributed by atoms with Gasteiger partial charge in [-0.05, 0) is 52.9 Å². The molecule has 2 aliphatic rings. The highest BCUT2D eigenvalue weighted by molar-refractivity contribution is 5.09. The van der Waals surface area contributed by atoms with Gasteiger partial charge in [-0.25, -0.2) is 4.98 Å². The first-order valence-corrected chi connectivity index (χ1v) is 9.32. The minimum absolute atomic E-state index is 0.527. The van der Waals surface area contributed by atoms with E-state index in [9.17, 15) is 0 Å². The number of nitrogens with zero attached hydrogens (tertiary/aromatic N) is 6. The van der Waals surface area contributed by atoms with Crippen molar-refractivity contribution in [3.63, 3.8) is 0 Å². The van der Waals surface area contributed by atoms with E-state index in [1.165, 1.54) is 18.7 Å². The van der Waals surface area contributed by atoms with Gasteiger partial charge in [-0.3, -0.25) is 4.90 Å². The Balaban J connectivity index is 1.41. The lowest BCUT2D eigenvalue weighted by Gasteiger charge is -2.31. The van der Waals surface area contributed by atoms with E-state index in [0.29, 0.717) is 12.0 Å². The topological polar surface area (TPSA) is 63.2 Å². The van der Waals surface area contributed by atoms with Crippen molar-refractivity contribution < 1.29 is 4.42 Å². The summed E-state index contributed by atoms with van der Waals surface area (Å²) in [4.78, 5) is 9.06. The van der Waals surface area contributed by atoms with E-state index in [4.69, 9.17) is 4.42 Å². The summed E-state index contributed by atoms with van der Waals surface area (Å²) in [6.45, 7) is 5.80. The Morgan fingerprint density at radius 1 is 1.16 bits per heavy atom. The highest BCUT2D eigenvalue weighted by atomic mass is 16.3. The van der Waals surface area contributed by atoms with Crippen LogP contribution in [0.25, 0.3) is 0 Å². The molecule has 0 atom stereocenters. The molecule has 1 aliphatic heterocycles. The third-order valence-electron chi connectivity index (χ3n) is 5.17. The number of likely N-dealkylation sites (tertiary alicyclic amines) is 1. The highest BCUT2D eigenvalue weighted by Crippen LogP contribution is 2.40. The lowest BCUT2D eigenvalue weighted by molar-refractivity contribution is 0.197. The minimum Gasteiger partial charge on any atom is -0.449 e. The molecule has 0 N–H and O–H groups in total. The molecule has 0 radical (unpaired) electrons. The number of hydrogen-bond acceptors (Lipinski definition) is 6. The Labute approximate surface area is 149 Å². The average molecular weight is 344 g/mol. The quantitative estimate of drug-likeness (QED) is 0.801. The van der Waals surface area contributed by atoms with Crippen LogP contribution in [-0.2, 0) is 13.1 Å².